The number of nitrogens with one attached hydrogen (secondary N) is 6. The highest BCUT2D eigenvalue weighted by Crippen LogP contribution is 2.39. The van der Waals surface area contributed by atoms with Crippen molar-refractivity contribution < 1.29 is 69.0 Å². The molecule has 9 atom stereocenters. The van der Waals surface area contributed by atoms with Gasteiger partial charge >= 0.3 is 18.5 Å². The molecule has 0 spiro atoms. The van der Waals surface area contributed by atoms with Gasteiger partial charge in [0.1, 0.15) is 68.2 Å². The minimum absolute atomic E-state index is 0.0686. The summed E-state index contributed by atoms with van der Waals surface area (Å²) in [6.45, 7) is 1.93. The number of hydrogen-bond acceptors (Lipinski definition) is 24. The van der Waals surface area contributed by atoms with Gasteiger partial charge in [0.15, 0.2) is 0 Å². The number of aromatic nitrogens is 9. The molecule has 0 aliphatic heterocycles. The average molecular weight is 1630 g/mol. The molecule has 3 aromatic carbocycles. The van der Waals surface area contributed by atoms with E-state index in [-0.39, 0.29) is 50.9 Å². The summed E-state index contributed by atoms with van der Waals surface area (Å²) in [6.07, 6.45) is 2.90. The van der Waals surface area contributed by atoms with E-state index in [9.17, 15) is 54.8 Å². The van der Waals surface area contributed by atoms with E-state index in [1.54, 1.807) is 58.5 Å². The van der Waals surface area contributed by atoms with Gasteiger partial charge in [-0.1, -0.05) is 72.8 Å². The van der Waals surface area contributed by atoms with Gasteiger partial charge in [-0.15, -0.1) is 34.0 Å². The van der Waals surface area contributed by atoms with Crippen molar-refractivity contribution in [3.8, 4) is 50.6 Å². The lowest BCUT2D eigenvalue weighted by molar-refractivity contribution is -0.127. The van der Waals surface area contributed by atoms with Crippen LogP contribution in [0.1, 0.15) is 89.1 Å². The highest BCUT2D eigenvalue weighted by atomic mass is 32.1. The maximum absolute atomic E-state index is 12.9. The van der Waals surface area contributed by atoms with Crippen molar-refractivity contribution in [2.45, 2.75) is 170 Å². The predicted molar refractivity (Wildman–Crippen MR) is 424 cm³/mol. The fraction of sp³-hybridized carbons (Fsp3) is 0.370. The Kier molecular flexibility index (Phi) is 26.8. The van der Waals surface area contributed by atoms with Crippen molar-refractivity contribution in [2.24, 2.45) is 0 Å². The van der Waals surface area contributed by atoms with Crippen LogP contribution in [0.15, 0.2) is 165 Å². The first-order valence-corrected chi connectivity index (χ1v) is 39.4. The number of aliphatic hydroxyl groups is 3. The molecule has 0 unspecified atom stereocenters. The maximum atomic E-state index is 12.9. The van der Waals surface area contributed by atoms with Crippen LogP contribution in [0.5, 0.6) is 17.2 Å². The molecule has 0 amide bonds. The number of benzene rings is 3. The number of pyridine rings is 3. The topological polar surface area (TPSA) is 277 Å². The van der Waals surface area contributed by atoms with Gasteiger partial charge in [0, 0.05) is 106 Å². The number of halogens is 9. The molecule has 12 aromatic rings. The van der Waals surface area contributed by atoms with Crippen molar-refractivity contribution >= 4 is 82.1 Å². The molecule has 0 bridgehead atoms. The molecule has 9 N–H and O–H groups in total. The van der Waals surface area contributed by atoms with E-state index in [1.165, 1.54) is 37.2 Å². The molecular formula is C81H84F9N15O6S3. The minimum atomic E-state index is -4.28. The Hall–Kier alpha value is -9.84. The molecule has 33 heteroatoms. The molecule has 3 saturated carbocycles. The highest BCUT2D eigenvalue weighted by Gasteiger charge is 2.35. The first-order chi connectivity index (χ1) is 54.8. The molecule has 3 aliphatic rings. The Balaban J connectivity index is 0.000000149. The molecular weight excluding hydrogens is 1550 g/mol. The summed E-state index contributed by atoms with van der Waals surface area (Å²) in [5, 5.41) is 54.0. The Morgan fingerprint density at radius 3 is 0.860 bits per heavy atom. The van der Waals surface area contributed by atoms with Gasteiger partial charge < -0.3 is 61.4 Å². The SMILES string of the molecule is COc1cncc(-c2ccc(CN[C@@H]3C[C@H](O)C[C@H](Nc4ncnc5sc(CC(F)(F)F)cc45)C3)cc2)c1.COc1cncc(-c2ccc(CN[C@H]3C[C@@H](O)C[C@@H](Nc4ncnc5sc(CC(F)(F)F)cc45)C3)cc2)c1.COc1cncc(-c2ccc(CN[C@H]3C[C@@H](O)C[C@@H](Nc4ncnc5sc(CC(F)(F)F)cc45)C3)cc2)c1. The van der Waals surface area contributed by atoms with Gasteiger partial charge in [-0.2, -0.15) is 39.5 Å². The number of hydrogen-bond donors (Lipinski definition) is 9. The molecule has 9 aromatic heterocycles. The van der Waals surface area contributed by atoms with Crippen molar-refractivity contribution in [3.05, 3.63) is 197 Å². The second kappa shape index (κ2) is 37.2. The van der Waals surface area contributed by atoms with Crippen LogP contribution in [0.4, 0.5) is 57.0 Å². The van der Waals surface area contributed by atoms with Crippen LogP contribution in [0.2, 0.25) is 0 Å². The molecule has 600 valence electrons. The summed E-state index contributed by atoms with van der Waals surface area (Å²) in [4.78, 5) is 40.1. The lowest BCUT2D eigenvalue weighted by Crippen LogP contribution is -2.44. The standard InChI is InChI=1S/3C27H28F3N5O2S/c3*1-37-22-6-18(13-31-14-22)17-4-2-16(3-5-17)12-32-19-7-20(9-21(36)8-19)35-25-24-10-23(11-27(28,29)30)38-26(24)34-15-33-25/h3*2-6,10,13-15,19-21,32,36H,7-9,11-12H2,1H3,(H,33,34,35)/t3*19-,20+,21-/m110/s1. The van der Waals surface area contributed by atoms with E-state index in [4.69, 9.17) is 14.2 Å². The molecule has 3 aliphatic carbocycles. The van der Waals surface area contributed by atoms with Gasteiger partial charge in [0.25, 0.3) is 0 Å². The van der Waals surface area contributed by atoms with Gasteiger partial charge in [-0.25, -0.2) is 29.9 Å². The summed E-state index contributed by atoms with van der Waals surface area (Å²) in [6, 6.07) is 34.9. The average Bonchev–Trinajstić information content (AvgIpc) is 1.67. The summed E-state index contributed by atoms with van der Waals surface area (Å²) < 4.78 is 132. The summed E-state index contributed by atoms with van der Waals surface area (Å²) in [5.41, 5.74) is 9.39. The Labute approximate surface area is 662 Å². The lowest BCUT2D eigenvalue weighted by Gasteiger charge is -2.34. The fourth-order valence-electron chi connectivity index (χ4n) is 14.5. The van der Waals surface area contributed by atoms with E-state index in [0.29, 0.717) is 124 Å². The van der Waals surface area contributed by atoms with Crippen molar-refractivity contribution in [1.82, 2.24) is 60.8 Å². The maximum Gasteiger partial charge on any atom is 0.393 e. The van der Waals surface area contributed by atoms with Gasteiger partial charge in [0.05, 0.1) is 93.7 Å². The largest absolute Gasteiger partial charge is 0.495 e. The van der Waals surface area contributed by atoms with Crippen LogP contribution in [0.25, 0.3) is 64.0 Å². The van der Waals surface area contributed by atoms with E-state index in [0.717, 1.165) is 103 Å². The van der Waals surface area contributed by atoms with Gasteiger partial charge in [-0.05, 0) is 128 Å². The molecule has 0 radical (unpaired) electrons. The fourth-order valence-corrected chi connectivity index (χ4v) is 17.6. The van der Waals surface area contributed by atoms with E-state index < -0.39 is 56.1 Å². The normalized spacial score (nSPS) is 20.0. The quantitative estimate of drug-likeness (QED) is 0.0254. The number of ether oxygens (including phenoxy) is 3. The van der Waals surface area contributed by atoms with Crippen molar-refractivity contribution in [2.75, 3.05) is 37.3 Å². The van der Waals surface area contributed by atoms with E-state index >= 15 is 0 Å². The van der Waals surface area contributed by atoms with Crippen molar-refractivity contribution in [1.29, 1.82) is 0 Å². The lowest BCUT2D eigenvalue weighted by atomic mass is 9.88. The highest BCUT2D eigenvalue weighted by molar-refractivity contribution is 7.19. The van der Waals surface area contributed by atoms with Crippen LogP contribution >= 0.6 is 34.0 Å². The number of rotatable bonds is 24. The third-order valence-corrected chi connectivity index (χ3v) is 23.0. The second-order valence-corrected chi connectivity index (χ2v) is 32.0. The molecule has 21 nitrogen and oxygen atoms in total. The summed E-state index contributed by atoms with van der Waals surface area (Å²) >= 11 is 3.08. The minimum Gasteiger partial charge on any atom is -0.495 e. The van der Waals surface area contributed by atoms with E-state index in [1.807, 2.05) is 54.6 Å². The number of fused-ring (bicyclic) bond motifs is 3. The Morgan fingerprint density at radius 1 is 0.342 bits per heavy atom. The number of nitrogens with zero attached hydrogens (tertiary/aromatic N) is 9. The second-order valence-electron chi connectivity index (χ2n) is 28.6. The molecule has 0 saturated heterocycles. The van der Waals surface area contributed by atoms with Crippen LogP contribution < -0.4 is 46.1 Å². The molecule has 15 rings (SSSR count). The zero-order valence-electron chi connectivity index (χ0n) is 62.1. The summed E-state index contributed by atoms with van der Waals surface area (Å²) in [5.74, 6) is 3.61. The zero-order chi connectivity index (χ0) is 80.1. The molecule has 114 heavy (non-hydrogen) atoms. The first-order valence-electron chi connectivity index (χ1n) is 37.0. The zero-order valence-corrected chi connectivity index (χ0v) is 64.6. The van der Waals surface area contributed by atoms with Crippen LogP contribution in [0.3, 0.4) is 0 Å². The predicted octanol–water partition coefficient (Wildman–Crippen LogP) is 16.1. The van der Waals surface area contributed by atoms with E-state index in [2.05, 4.69) is 113 Å². The molecule has 3 fully saturated rings. The monoisotopic (exact) mass is 1630 g/mol. The Morgan fingerprint density at radius 2 is 0.605 bits per heavy atom. The third-order valence-electron chi connectivity index (χ3n) is 19.8. The first kappa shape index (κ1) is 82.2. The van der Waals surface area contributed by atoms with Crippen LogP contribution in [-0.2, 0) is 38.9 Å². The summed E-state index contributed by atoms with van der Waals surface area (Å²) in [7, 11) is 4.84. The number of anilines is 3. The number of methoxy groups -OCH3 is 3. The number of thiophene rings is 3. The number of alkyl halides is 9. The van der Waals surface area contributed by atoms with Crippen LogP contribution in [-0.4, -0.2) is 155 Å². The van der Waals surface area contributed by atoms with Crippen LogP contribution in [0, 0.1) is 0 Å². The van der Waals surface area contributed by atoms with Crippen molar-refractivity contribution in [3.63, 3.8) is 0 Å². The smallest absolute Gasteiger partial charge is 0.393 e. The molecule has 9 heterocycles. The Bertz CT molecular complexity index is 4640. The third kappa shape index (κ3) is 23.2. The van der Waals surface area contributed by atoms with Gasteiger partial charge in [-0.3, -0.25) is 15.0 Å². The van der Waals surface area contributed by atoms with Gasteiger partial charge in [0.2, 0.25) is 0 Å². The number of aliphatic hydroxyl groups excluding tert-OH is 3.